The first-order chi connectivity index (χ1) is 12.9. The van der Waals surface area contributed by atoms with E-state index in [0.29, 0.717) is 5.92 Å². The van der Waals surface area contributed by atoms with Crippen LogP contribution in [0.2, 0.25) is 5.02 Å². The van der Waals surface area contributed by atoms with Crippen molar-refractivity contribution in [1.82, 2.24) is 5.32 Å². The molecule has 1 amide bonds. The van der Waals surface area contributed by atoms with Crippen LogP contribution < -0.4 is 10.1 Å². The fourth-order valence-corrected chi connectivity index (χ4v) is 5.35. The van der Waals surface area contributed by atoms with Crippen molar-refractivity contribution in [2.24, 2.45) is 11.3 Å². The Balaban J connectivity index is 1.80. The average molecular weight is 384 g/mol. The Morgan fingerprint density at radius 2 is 1.93 bits per heavy atom. The number of amides is 1. The molecule has 2 aromatic rings. The van der Waals surface area contributed by atoms with E-state index in [0.717, 1.165) is 30.2 Å². The van der Waals surface area contributed by atoms with E-state index in [-0.39, 0.29) is 23.2 Å². The van der Waals surface area contributed by atoms with Crippen LogP contribution in [0.5, 0.6) is 5.75 Å². The molecule has 27 heavy (non-hydrogen) atoms. The average Bonchev–Trinajstić information content (AvgIpc) is 2.97. The van der Waals surface area contributed by atoms with Gasteiger partial charge in [0.05, 0.1) is 12.5 Å². The summed E-state index contributed by atoms with van der Waals surface area (Å²) in [6, 6.07) is 14.6. The number of methoxy groups -OCH3 is 1. The highest BCUT2D eigenvalue weighted by molar-refractivity contribution is 6.30. The molecule has 1 saturated heterocycles. The first kappa shape index (κ1) is 18.4. The number of nitrogens with one attached hydrogen (secondary N) is 1. The lowest BCUT2D eigenvalue weighted by atomic mass is 9.57. The van der Waals surface area contributed by atoms with Gasteiger partial charge in [0.25, 0.3) is 0 Å². The van der Waals surface area contributed by atoms with E-state index in [1.165, 1.54) is 16.7 Å². The molecule has 1 saturated carbocycles. The SMILES string of the molecule is COc1ccc(C2CCC3(C)C(=O)NCC3C2c2ccc(Cl)cc2)c(C)c1. The van der Waals surface area contributed by atoms with Gasteiger partial charge in [0.2, 0.25) is 5.91 Å². The van der Waals surface area contributed by atoms with Crippen molar-refractivity contribution in [3.05, 3.63) is 64.2 Å². The molecule has 4 rings (SSSR count). The molecular weight excluding hydrogens is 358 g/mol. The van der Waals surface area contributed by atoms with Crippen molar-refractivity contribution in [2.45, 2.75) is 38.5 Å². The molecule has 0 bridgehead atoms. The van der Waals surface area contributed by atoms with E-state index in [4.69, 9.17) is 16.3 Å². The van der Waals surface area contributed by atoms with Crippen molar-refractivity contribution >= 4 is 17.5 Å². The van der Waals surface area contributed by atoms with Crippen LogP contribution in [0.3, 0.4) is 0 Å². The molecule has 4 unspecified atom stereocenters. The lowest BCUT2D eigenvalue weighted by Crippen LogP contribution is -2.41. The van der Waals surface area contributed by atoms with Crippen LogP contribution in [-0.2, 0) is 4.79 Å². The van der Waals surface area contributed by atoms with Crippen molar-refractivity contribution < 1.29 is 9.53 Å². The Morgan fingerprint density at radius 1 is 1.19 bits per heavy atom. The van der Waals surface area contributed by atoms with Crippen LogP contribution in [-0.4, -0.2) is 19.6 Å². The minimum atomic E-state index is -0.290. The van der Waals surface area contributed by atoms with Gasteiger partial charge in [-0.1, -0.05) is 36.7 Å². The van der Waals surface area contributed by atoms with Crippen LogP contribution in [0.4, 0.5) is 0 Å². The number of hydrogen-bond acceptors (Lipinski definition) is 2. The van der Waals surface area contributed by atoms with Crippen LogP contribution in [0.1, 0.15) is 48.3 Å². The Kier molecular flexibility index (Phi) is 4.67. The van der Waals surface area contributed by atoms with Crippen molar-refractivity contribution in [3.8, 4) is 5.75 Å². The number of rotatable bonds is 3. The maximum Gasteiger partial charge on any atom is 0.226 e. The number of halogens is 1. The van der Waals surface area contributed by atoms with Gasteiger partial charge < -0.3 is 10.1 Å². The zero-order valence-corrected chi connectivity index (χ0v) is 16.8. The second-order valence-electron chi connectivity index (χ2n) is 8.18. The maximum absolute atomic E-state index is 12.6. The molecule has 2 aliphatic rings. The third-order valence-corrected chi connectivity index (χ3v) is 7.04. The monoisotopic (exact) mass is 383 g/mol. The second-order valence-corrected chi connectivity index (χ2v) is 8.62. The lowest BCUT2D eigenvalue weighted by molar-refractivity contribution is -0.129. The summed E-state index contributed by atoms with van der Waals surface area (Å²) in [6.07, 6.45) is 1.92. The van der Waals surface area contributed by atoms with Gasteiger partial charge in [0, 0.05) is 11.6 Å². The Labute approximate surface area is 166 Å². The van der Waals surface area contributed by atoms with Gasteiger partial charge in [-0.2, -0.15) is 0 Å². The highest BCUT2D eigenvalue weighted by Crippen LogP contribution is 2.57. The number of carbonyl (C=O) groups is 1. The number of hydrogen-bond donors (Lipinski definition) is 1. The molecule has 1 heterocycles. The molecule has 3 nitrogen and oxygen atoms in total. The zero-order valence-electron chi connectivity index (χ0n) is 16.1. The van der Waals surface area contributed by atoms with E-state index in [9.17, 15) is 4.79 Å². The largest absolute Gasteiger partial charge is 0.497 e. The molecule has 1 aliphatic carbocycles. The summed E-state index contributed by atoms with van der Waals surface area (Å²) in [5.74, 6) is 2.04. The molecule has 1 aliphatic heterocycles. The zero-order chi connectivity index (χ0) is 19.2. The van der Waals surface area contributed by atoms with Crippen molar-refractivity contribution in [2.75, 3.05) is 13.7 Å². The van der Waals surface area contributed by atoms with Gasteiger partial charge in [0.1, 0.15) is 5.75 Å². The summed E-state index contributed by atoms with van der Waals surface area (Å²) < 4.78 is 5.39. The summed E-state index contributed by atoms with van der Waals surface area (Å²) >= 11 is 6.14. The molecule has 0 aromatic heterocycles. The minimum Gasteiger partial charge on any atom is -0.497 e. The van der Waals surface area contributed by atoms with Gasteiger partial charge in [-0.05, 0) is 78.5 Å². The smallest absolute Gasteiger partial charge is 0.226 e. The lowest BCUT2D eigenvalue weighted by Gasteiger charge is -2.45. The molecular formula is C23H26ClNO2. The summed E-state index contributed by atoms with van der Waals surface area (Å²) in [7, 11) is 1.70. The Morgan fingerprint density at radius 3 is 2.59 bits per heavy atom. The molecule has 4 atom stereocenters. The van der Waals surface area contributed by atoms with E-state index in [1.54, 1.807) is 7.11 Å². The summed E-state index contributed by atoms with van der Waals surface area (Å²) in [4.78, 5) is 12.6. The number of benzene rings is 2. The molecule has 0 spiro atoms. The second kappa shape index (κ2) is 6.87. The van der Waals surface area contributed by atoms with Crippen molar-refractivity contribution in [3.63, 3.8) is 0 Å². The number of ether oxygens (including phenoxy) is 1. The fourth-order valence-electron chi connectivity index (χ4n) is 5.23. The maximum atomic E-state index is 12.6. The van der Waals surface area contributed by atoms with Crippen LogP contribution in [0.15, 0.2) is 42.5 Å². The van der Waals surface area contributed by atoms with Crippen molar-refractivity contribution in [1.29, 1.82) is 0 Å². The van der Waals surface area contributed by atoms with Crippen LogP contribution in [0, 0.1) is 18.3 Å². The number of aryl methyl sites for hydroxylation is 1. The third-order valence-electron chi connectivity index (χ3n) is 6.79. The van der Waals surface area contributed by atoms with E-state index in [1.807, 2.05) is 18.2 Å². The highest BCUT2D eigenvalue weighted by Gasteiger charge is 2.54. The first-order valence-electron chi connectivity index (χ1n) is 9.62. The topological polar surface area (TPSA) is 38.3 Å². The van der Waals surface area contributed by atoms with Crippen LogP contribution >= 0.6 is 11.6 Å². The number of fused-ring (bicyclic) bond motifs is 1. The van der Waals surface area contributed by atoms with Gasteiger partial charge in [-0.25, -0.2) is 0 Å². The standard InChI is InChI=1S/C23H26ClNO2/c1-14-12-17(27-3)8-9-18(14)19-10-11-23(2)20(13-25-22(23)26)21(19)15-4-6-16(24)7-5-15/h4-9,12,19-21H,10-11,13H2,1-3H3,(H,25,26). The predicted octanol–water partition coefficient (Wildman–Crippen LogP) is 5.07. The van der Waals surface area contributed by atoms with E-state index >= 15 is 0 Å². The summed E-state index contributed by atoms with van der Waals surface area (Å²) in [6.45, 7) is 5.04. The number of carbonyl (C=O) groups excluding carboxylic acids is 1. The van der Waals surface area contributed by atoms with Gasteiger partial charge in [0.15, 0.2) is 0 Å². The van der Waals surface area contributed by atoms with E-state index in [2.05, 4.69) is 43.4 Å². The third kappa shape index (κ3) is 3.02. The van der Waals surface area contributed by atoms with Crippen LogP contribution in [0.25, 0.3) is 0 Å². The molecule has 0 radical (unpaired) electrons. The molecule has 2 fully saturated rings. The molecule has 142 valence electrons. The minimum absolute atomic E-state index is 0.205. The van der Waals surface area contributed by atoms with E-state index < -0.39 is 0 Å². The van der Waals surface area contributed by atoms with Gasteiger partial charge >= 0.3 is 0 Å². The fraction of sp³-hybridized carbons (Fsp3) is 0.435. The van der Waals surface area contributed by atoms with Gasteiger partial charge in [-0.15, -0.1) is 0 Å². The first-order valence-corrected chi connectivity index (χ1v) is 10.00. The molecule has 4 heteroatoms. The Hall–Kier alpha value is -2.00. The molecule has 2 aromatic carbocycles. The van der Waals surface area contributed by atoms with Gasteiger partial charge in [-0.3, -0.25) is 4.79 Å². The normalized spacial score (nSPS) is 29.9. The summed E-state index contributed by atoms with van der Waals surface area (Å²) in [5, 5.41) is 3.88. The Bertz CT molecular complexity index is 863. The summed E-state index contributed by atoms with van der Waals surface area (Å²) in [5.41, 5.74) is 3.59. The quantitative estimate of drug-likeness (QED) is 0.803. The predicted molar refractivity (Wildman–Crippen MR) is 109 cm³/mol. The highest BCUT2D eigenvalue weighted by atomic mass is 35.5. The molecule has 1 N–H and O–H groups in total.